The molecule has 0 spiro atoms. The molecular formula is C24H27N5O3. The highest BCUT2D eigenvalue weighted by molar-refractivity contribution is 5.94. The Morgan fingerprint density at radius 3 is 2.47 bits per heavy atom. The smallest absolute Gasteiger partial charge is 0.255 e. The molecule has 8 heteroatoms. The van der Waals surface area contributed by atoms with Crippen LogP contribution in [-0.4, -0.2) is 69.7 Å². The van der Waals surface area contributed by atoms with Gasteiger partial charge < -0.3 is 14.5 Å². The zero-order valence-electron chi connectivity index (χ0n) is 18.2. The van der Waals surface area contributed by atoms with Crippen molar-refractivity contribution in [3.05, 3.63) is 72.2 Å². The van der Waals surface area contributed by atoms with Gasteiger partial charge in [0.05, 0.1) is 12.7 Å². The van der Waals surface area contributed by atoms with Gasteiger partial charge in [-0.25, -0.2) is 9.67 Å². The van der Waals surface area contributed by atoms with Crippen LogP contribution in [-0.2, 0) is 11.2 Å². The summed E-state index contributed by atoms with van der Waals surface area (Å²) < 4.78 is 6.82. The molecule has 0 atom stereocenters. The second-order valence-corrected chi connectivity index (χ2v) is 7.73. The van der Waals surface area contributed by atoms with Crippen molar-refractivity contribution < 1.29 is 14.3 Å². The van der Waals surface area contributed by atoms with Crippen LogP contribution in [0.1, 0.15) is 28.8 Å². The number of carbonyl (C=O) groups is 2. The van der Waals surface area contributed by atoms with Crippen molar-refractivity contribution in [1.29, 1.82) is 0 Å². The molecule has 166 valence electrons. The molecular weight excluding hydrogens is 406 g/mol. The average Bonchev–Trinajstić information content (AvgIpc) is 3.27. The van der Waals surface area contributed by atoms with Crippen molar-refractivity contribution in [2.24, 2.45) is 0 Å². The van der Waals surface area contributed by atoms with Gasteiger partial charge in [-0.15, -0.1) is 0 Å². The Bertz CT molecular complexity index is 1030. The molecule has 0 N–H and O–H groups in total. The van der Waals surface area contributed by atoms with E-state index in [0.717, 1.165) is 17.7 Å². The molecule has 0 aliphatic carbocycles. The maximum atomic E-state index is 12.9. The van der Waals surface area contributed by atoms with Gasteiger partial charge in [0, 0.05) is 51.2 Å². The van der Waals surface area contributed by atoms with E-state index >= 15 is 0 Å². The van der Waals surface area contributed by atoms with Gasteiger partial charge in [0.1, 0.15) is 5.75 Å². The lowest BCUT2D eigenvalue weighted by Crippen LogP contribution is -2.37. The molecule has 0 unspecified atom stereocenters. The van der Waals surface area contributed by atoms with Crippen molar-refractivity contribution in [2.45, 2.75) is 19.3 Å². The molecule has 3 aromatic rings. The van der Waals surface area contributed by atoms with E-state index in [9.17, 15) is 9.59 Å². The summed E-state index contributed by atoms with van der Waals surface area (Å²) in [6.45, 7) is 2.36. The number of rotatable bonds is 6. The summed E-state index contributed by atoms with van der Waals surface area (Å²) in [5, 5.41) is 4.15. The van der Waals surface area contributed by atoms with Gasteiger partial charge in [0.25, 0.3) is 5.91 Å². The zero-order valence-corrected chi connectivity index (χ0v) is 18.2. The topological polar surface area (TPSA) is 80.6 Å². The van der Waals surface area contributed by atoms with Gasteiger partial charge in [-0.05, 0) is 48.7 Å². The van der Waals surface area contributed by atoms with E-state index in [2.05, 4.69) is 10.1 Å². The molecule has 0 radical (unpaired) electrons. The molecule has 1 saturated heterocycles. The van der Waals surface area contributed by atoms with Gasteiger partial charge >= 0.3 is 0 Å². The van der Waals surface area contributed by atoms with Crippen LogP contribution in [0.2, 0.25) is 0 Å². The third-order valence-corrected chi connectivity index (χ3v) is 5.66. The highest BCUT2D eigenvalue weighted by Gasteiger charge is 2.23. The molecule has 3 heterocycles. The lowest BCUT2D eigenvalue weighted by atomic mass is 10.1. The third kappa shape index (κ3) is 5.14. The van der Waals surface area contributed by atoms with Crippen LogP contribution >= 0.6 is 0 Å². The molecule has 2 aromatic heterocycles. The van der Waals surface area contributed by atoms with Crippen LogP contribution in [0.25, 0.3) is 5.82 Å². The number of benzene rings is 1. The first kappa shape index (κ1) is 21.5. The number of aryl methyl sites for hydroxylation is 1. The second kappa shape index (κ2) is 10.1. The maximum absolute atomic E-state index is 12.9. The van der Waals surface area contributed by atoms with E-state index in [1.54, 1.807) is 47.4 Å². The monoisotopic (exact) mass is 433 g/mol. The second-order valence-electron chi connectivity index (χ2n) is 7.73. The van der Waals surface area contributed by atoms with Crippen molar-refractivity contribution in [3.8, 4) is 11.6 Å². The molecule has 1 fully saturated rings. The van der Waals surface area contributed by atoms with E-state index in [1.165, 1.54) is 0 Å². The molecule has 1 aromatic carbocycles. The Kier molecular flexibility index (Phi) is 6.79. The van der Waals surface area contributed by atoms with Crippen molar-refractivity contribution in [3.63, 3.8) is 0 Å². The third-order valence-electron chi connectivity index (χ3n) is 5.66. The number of carbonyl (C=O) groups excluding carboxylic acids is 2. The fourth-order valence-electron chi connectivity index (χ4n) is 3.81. The van der Waals surface area contributed by atoms with Gasteiger partial charge in [-0.2, -0.15) is 5.10 Å². The van der Waals surface area contributed by atoms with Crippen molar-refractivity contribution in [2.75, 3.05) is 33.3 Å². The number of nitrogens with zero attached hydrogens (tertiary/aromatic N) is 5. The zero-order chi connectivity index (χ0) is 22.3. The summed E-state index contributed by atoms with van der Waals surface area (Å²) in [5.74, 6) is 1.54. The largest absolute Gasteiger partial charge is 0.497 e. The summed E-state index contributed by atoms with van der Waals surface area (Å²) >= 11 is 0. The van der Waals surface area contributed by atoms with E-state index in [0.29, 0.717) is 50.4 Å². The first-order valence-corrected chi connectivity index (χ1v) is 10.8. The SMILES string of the molecule is COc1ccc(CCC(=O)N2CCCN(C(=O)c3ccc(-n4cccn4)nc3)CC2)cc1. The van der Waals surface area contributed by atoms with Crippen molar-refractivity contribution in [1.82, 2.24) is 24.6 Å². The lowest BCUT2D eigenvalue weighted by Gasteiger charge is -2.22. The van der Waals surface area contributed by atoms with E-state index in [4.69, 9.17) is 4.74 Å². The Morgan fingerprint density at radius 1 is 1.00 bits per heavy atom. The van der Waals surface area contributed by atoms with Gasteiger partial charge in [-0.3, -0.25) is 9.59 Å². The normalized spacial score (nSPS) is 14.2. The van der Waals surface area contributed by atoms with E-state index < -0.39 is 0 Å². The van der Waals surface area contributed by atoms with Crippen LogP contribution in [0.15, 0.2) is 61.1 Å². The summed E-state index contributed by atoms with van der Waals surface area (Å²) in [7, 11) is 1.64. The van der Waals surface area contributed by atoms with Gasteiger partial charge in [0.2, 0.25) is 5.91 Å². The predicted octanol–water partition coefficient (Wildman–Crippen LogP) is 2.58. The number of amides is 2. The number of methoxy groups -OCH3 is 1. The quantitative estimate of drug-likeness (QED) is 0.597. The number of ether oxygens (including phenoxy) is 1. The Balaban J connectivity index is 1.30. The maximum Gasteiger partial charge on any atom is 0.255 e. The summed E-state index contributed by atoms with van der Waals surface area (Å²) in [5.41, 5.74) is 1.65. The molecule has 4 rings (SSSR count). The fraction of sp³-hybridized carbons (Fsp3) is 0.333. The van der Waals surface area contributed by atoms with E-state index in [-0.39, 0.29) is 11.8 Å². The standard InChI is InChI=1S/C24H27N5O3/c1-32-21-8-4-19(5-9-21)6-11-23(30)27-13-3-14-28(17-16-27)24(31)20-7-10-22(25-18-20)29-15-2-12-26-29/h2,4-5,7-10,12,15,18H,3,6,11,13-14,16-17H2,1H3. The van der Waals surface area contributed by atoms with Crippen LogP contribution in [0.5, 0.6) is 5.75 Å². The lowest BCUT2D eigenvalue weighted by molar-refractivity contribution is -0.131. The number of hydrogen-bond acceptors (Lipinski definition) is 5. The average molecular weight is 434 g/mol. The fourth-order valence-corrected chi connectivity index (χ4v) is 3.81. The van der Waals surface area contributed by atoms with Crippen molar-refractivity contribution >= 4 is 11.8 Å². The minimum absolute atomic E-state index is 0.0583. The first-order chi connectivity index (χ1) is 15.6. The van der Waals surface area contributed by atoms with Crippen LogP contribution in [0.3, 0.4) is 0 Å². The van der Waals surface area contributed by atoms with E-state index in [1.807, 2.05) is 35.2 Å². The highest BCUT2D eigenvalue weighted by atomic mass is 16.5. The highest BCUT2D eigenvalue weighted by Crippen LogP contribution is 2.15. The van der Waals surface area contributed by atoms with Crippen LogP contribution in [0.4, 0.5) is 0 Å². The minimum atomic E-state index is -0.0583. The van der Waals surface area contributed by atoms with Crippen LogP contribution < -0.4 is 4.74 Å². The molecule has 1 aliphatic rings. The molecule has 1 aliphatic heterocycles. The number of hydrogen-bond donors (Lipinski definition) is 0. The Morgan fingerprint density at radius 2 is 1.78 bits per heavy atom. The van der Waals surface area contributed by atoms with Gasteiger partial charge in [0.15, 0.2) is 5.82 Å². The Hall–Kier alpha value is -3.68. The summed E-state index contributed by atoms with van der Waals surface area (Å²) in [4.78, 5) is 33.7. The minimum Gasteiger partial charge on any atom is -0.497 e. The number of pyridine rings is 1. The van der Waals surface area contributed by atoms with Gasteiger partial charge in [-0.1, -0.05) is 12.1 Å². The molecule has 8 nitrogen and oxygen atoms in total. The summed E-state index contributed by atoms with van der Waals surface area (Å²) in [6, 6.07) is 13.2. The number of aromatic nitrogens is 3. The first-order valence-electron chi connectivity index (χ1n) is 10.8. The molecule has 0 saturated carbocycles. The Labute approximate surface area is 187 Å². The molecule has 32 heavy (non-hydrogen) atoms. The van der Waals surface area contributed by atoms with Crippen LogP contribution in [0, 0.1) is 0 Å². The molecule has 2 amide bonds. The molecule has 0 bridgehead atoms. The predicted molar refractivity (Wildman–Crippen MR) is 120 cm³/mol. The summed E-state index contributed by atoms with van der Waals surface area (Å²) in [6.07, 6.45) is 6.98.